The minimum atomic E-state index is -3.92. The molecule has 7 heteroatoms. The van der Waals surface area contributed by atoms with E-state index in [1.54, 1.807) is 26.0 Å². The summed E-state index contributed by atoms with van der Waals surface area (Å²) in [6.07, 6.45) is 0. The van der Waals surface area contributed by atoms with Gasteiger partial charge in [0.1, 0.15) is 16.5 Å². The van der Waals surface area contributed by atoms with Crippen molar-refractivity contribution in [3.8, 4) is 6.01 Å². The van der Waals surface area contributed by atoms with Crippen molar-refractivity contribution < 1.29 is 12.6 Å². The molecule has 19 heavy (non-hydrogen) atoms. The van der Waals surface area contributed by atoms with E-state index in [9.17, 15) is 8.42 Å². The minimum absolute atomic E-state index is 0.0637. The molecule has 2 rings (SSSR count). The fourth-order valence-electron chi connectivity index (χ4n) is 1.47. The summed E-state index contributed by atoms with van der Waals surface area (Å²) < 4.78 is 28.9. The first kappa shape index (κ1) is 13.4. The summed E-state index contributed by atoms with van der Waals surface area (Å²) >= 11 is 0. The molecule has 0 amide bonds. The molecule has 0 bridgehead atoms. The number of nitrogens with zero attached hydrogens (tertiary/aromatic N) is 3. The zero-order valence-corrected chi connectivity index (χ0v) is 11.6. The third kappa shape index (κ3) is 3.25. The molecule has 0 aliphatic carbocycles. The van der Waals surface area contributed by atoms with E-state index in [0.717, 1.165) is 5.56 Å². The molecule has 1 aromatic carbocycles. The lowest BCUT2D eigenvalue weighted by Gasteiger charge is -2.06. The third-order valence-electron chi connectivity index (χ3n) is 2.33. The summed E-state index contributed by atoms with van der Waals surface area (Å²) in [7, 11) is -3.92. The Hall–Kier alpha value is -2.02. The normalized spacial score (nSPS) is 11.3. The van der Waals surface area contributed by atoms with Crippen LogP contribution in [0.2, 0.25) is 0 Å². The van der Waals surface area contributed by atoms with Crippen LogP contribution in [0.15, 0.2) is 29.2 Å². The van der Waals surface area contributed by atoms with Gasteiger partial charge in [-0.05, 0) is 32.9 Å². The Morgan fingerprint density at radius 1 is 0.895 bits per heavy atom. The molecular weight excluding hydrogens is 266 g/mol. The van der Waals surface area contributed by atoms with Crippen LogP contribution in [0.25, 0.3) is 0 Å². The molecule has 0 radical (unpaired) electrons. The number of aryl methyl sites for hydroxylation is 3. The van der Waals surface area contributed by atoms with Crippen LogP contribution in [-0.4, -0.2) is 23.4 Å². The molecule has 0 atom stereocenters. The highest BCUT2D eigenvalue weighted by Crippen LogP contribution is 2.15. The average Bonchev–Trinajstić information content (AvgIpc) is 2.27. The minimum Gasteiger partial charge on any atom is -0.339 e. The second-order valence-electron chi connectivity index (χ2n) is 4.06. The highest BCUT2D eigenvalue weighted by atomic mass is 32.2. The van der Waals surface area contributed by atoms with E-state index in [0.29, 0.717) is 11.6 Å². The Balaban J connectivity index is 2.33. The van der Waals surface area contributed by atoms with Crippen molar-refractivity contribution in [1.82, 2.24) is 15.0 Å². The first-order valence-electron chi connectivity index (χ1n) is 5.57. The molecule has 1 heterocycles. The van der Waals surface area contributed by atoms with E-state index in [-0.39, 0.29) is 10.9 Å². The van der Waals surface area contributed by atoms with Gasteiger partial charge in [0.2, 0.25) is 0 Å². The van der Waals surface area contributed by atoms with Crippen LogP contribution in [0.1, 0.15) is 17.2 Å². The maximum absolute atomic E-state index is 12.0. The highest BCUT2D eigenvalue weighted by Gasteiger charge is 2.18. The second kappa shape index (κ2) is 4.93. The van der Waals surface area contributed by atoms with Crippen molar-refractivity contribution in [2.75, 3.05) is 0 Å². The Morgan fingerprint density at radius 3 is 1.95 bits per heavy atom. The number of benzene rings is 1. The van der Waals surface area contributed by atoms with Crippen LogP contribution in [0.5, 0.6) is 6.01 Å². The summed E-state index contributed by atoms with van der Waals surface area (Å²) in [5.74, 6) is 0.809. The van der Waals surface area contributed by atoms with Gasteiger partial charge in [-0.1, -0.05) is 17.7 Å². The van der Waals surface area contributed by atoms with Gasteiger partial charge in [-0.25, -0.2) is 4.98 Å². The third-order valence-corrected chi connectivity index (χ3v) is 3.55. The molecule has 6 nitrogen and oxygen atoms in total. The lowest BCUT2D eigenvalue weighted by Crippen LogP contribution is -2.13. The van der Waals surface area contributed by atoms with Crippen molar-refractivity contribution in [2.24, 2.45) is 0 Å². The number of rotatable bonds is 3. The molecular formula is C12H13N3O3S. The van der Waals surface area contributed by atoms with E-state index in [1.165, 1.54) is 12.1 Å². The van der Waals surface area contributed by atoms with E-state index in [1.807, 2.05) is 6.92 Å². The van der Waals surface area contributed by atoms with Gasteiger partial charge in [0.25, 0.3) is 0 Å². The molecule has 2 aromatic rings. The van der Waals surface area contributed by atoms with Crippen LogP contribution in [0.4, 0.5) is 0 Å². The summed E-state index contributed by atoms with van der Waals surface area (Å²) in [5, 5.41) is 0. The van der Waals surface area contributed by atoms with Crippen molar-refractivity contribution in [3.63, 3.8) is 0 Å². The molecule has 0 saturated heterocycles. The van der Waals surface area contributed by atoms with E-state index in [4.69, 9.17) is 4.18 Å². The van der Waals surface area contributed by atoms with Gasteiger partial charge in [0.15, 0.2) is 0 Å². The Kier molecular flexibility index (Phi) is 3.48. The van der Waals surface area contributed by atoms with Gasteiger partial charge in [0, 0.05) is 0 Å². The molecule has 0 fully saturated rings. The van der Waals surface area contributed by atoms with Crippen LogP contribution in [0.3, 0.4) is 0 Å². The first-order valence-corrected chi connectivity index (χ1v) is 6.98. The molecule has 0 N–H and O–H groups in total. The molecule has 0 aliphatic rings. The Morgan fingerprint density at radius 2 is 1.42 bits per heavy atom. The van der Waals surface area contributed by atoms with E-state index in [2.05, 4.69) is 15.0 Å². The fraction of sp³-hybridized carbons (Fsp3) is 0.250. The quantitative estimate of drug-likeness (QED) is 0.793. The molecule has 100 valence electrons. The van der Waals surface area contributed by atoms with Crippen molar-refractivity contribution >= 4 is 10.1 Å². The number of hydrogen-bond acceptors (Lipinski definition) is 6. The standard InChI is InChI=1S/C12H13N3O3S/c1-8-4-6-11(7-5-8)19(16,17)18-12-14-9(2)13-10(3)15-12/h4-7H,1-3H3. The molecule has 0 saturated carbocycles. The van der Waals surface area contributed by atoms with Crippen LogP contribution < -0.4 is 4.18 Å². The monoisotopic (exact) mass is 279 g/mol. The van der Waals surface area contributed by atoms with Crippen LogP contribution in [-0.2, 0) is 10.1 Å². The summed E-state index contributed by atoms with van der Waals surface area (Å²) in [6.45, 7) is 5.15. The van der Waals surface area contributed by atoms with Gasteiger partial charge in [-0.15, -0.1) is 0 Å². The van der Waals surface area contributed by atoms with Gasteiger partial charge in [-0.3, -0.25) is 0 Å². The maximum atomic E-state index is 12.0. The predicted molar refractivity (Wildman–Crippen MR) is 68.3 cm³/mol. The average molecular weight is 279 g/mol. The first-order chi connectivity index (χ1) is 8.87. The van der Waals surface area contributed by atoms with Crippen molar-refractivity contribution in [2.45, 2.75) is 25.7 Å². The lowest BCUT2D eigenvalue weighted by molar-refractivity contribution is 0.459. The highest BCUT2D eigenvalue weighted by molar-refractivity contribution is 7.87. The van der Waals surface area contributed by atoms with Gasteiger partial charge in [-0.2, -0.15) is 18.4 Å². The van der Waals surface area contributed by atoms with E-state index >= 15 is 0 Å². The zero-order chi connectivity index (χ0) is 14.0. The topological polar surface area (TPSA) is 82.0 Å². The second-order valence-corrected chi connectivity index (χ2v) is 5.61. The predicted octanol–water partition coefficient (Wildman–Crippen LogP) is 1.56. The molecule has 0 aliphatic heterocycles. The molecule has 1 aromatic heterocycles. The van der Waals surface area contributed by atoms with Crippen molar-refractivity contribution in [1.29, 1.82) is 0 Å². The maximum Gasteiger partial charge on any atom is 0.341 e. The van der Waals surface area contributed by atoms with Crippen molar-refractivity contribution in [3.05, 3.63) is 41.5 Å². The largest absolute Gasteiger partial charge is 0.341 e. The van der Waals surface area contributed by atoms with E-state index < -0.39 is 10.1 Å². The smallest absolute Gasteiger partial charge is 0.339 e. The van der Waals surface area contributed by atoms with Gasteiger partial charge in [0.05, 0.1) is 0 Å². The molecule has 0 spiro atoms. The number of aromatic nitrogens is 3. The summed E-state index contributed by atoms with van der Waals surface area (Å²) in [4.78, 5) is 11.7. The van der Waals surface area contributed by atoms with Gasteiger partial charge >= 0.3 is 16.1 Å². The fourth-order valence-corrected chi connectivity index (χ4v) is 2.31. The van der Waals surface area contributed by atoms with Crippen LogP contribution in [0, 0.1) is 20.8 Å². The lowest BCUT2D eigenvalue weighted by atomic mass is 10.2. The molecule has 0 unspecified atom stereocenters. The summed E-state index contributed by atoms with van der Waals surface area (Å²) in [6, 6.07) is 6.13. The Labute approximate surface area is 111 Å². The zero-order valence-electron chi connectivity index (χ0n) is 10.8. The van der Waals surface area contributed by atoms with Gasteiger partial charge < -0.3 is 4.18 Å². The SMILES string of the molecule is Cc1ccc(S(=O)(=O)Oc2nc(C)nc(C)n2)cc1. The van der Waals surface area contributed by atoms with Crippen LogP contribution >= 0.6 is 0 Å². The number of hydrogen-bond donors (Lipinski definition) is 0. The Bertz CT molecular complexity index is 676. The summed E-state index contributed by atoms with van der Waals surface area (Å²) in [5.41, 5.74) is 0.964.